The fraction of sp³-hybridized carbons (Fsp3) is 0.714. The molecule has 54 valence electrons. The predicted molar refractivity (Wildman–Crippen MR) is 44.0 cm³/mol. The Morgan fingerprint density at radius 2 is 1.89 bits per heavy atom. The predicted octanol–water partition coefficient (Wildman–Crippen LogP) is 2.36. The first-order valence-electron chi connectivity index (χ1n) is 3.16. The van der Waals surface area contributed by atoms with E-state index in [1.807, 2.05) is 0 Å². The second-order valence-electron chi connectivity index (χ2n) is 1.76. The molecule has 1 fully saturated rings. The van der Waals surface area contributed by atoms with Crippen molar-refractivity contribution in [1.82, 2.24) is 0 Å². The number of hydrogen-bond acceptors (Lipinski definition) is 1. The van der Waals surface area contributed by atoms with Crippen LogP contribution in [0.15, 0.2) is 12.7 Å². The Morgan fingerprint density at radius 1 is 1.44 bits per heavy atom. The molecule has 1 heterocycles. The van der Waals surface area contributed by atoms with Gasteiger partial charge in [0.15, 0.2) is 0 Å². The molecule has 0 radical (unpaired) electrons. The monoisotopic (exact) mass is 192 g/mol. The van der Waals surface area contributed by atoms with E-state index in [-0.39, 0.29) is 0 Å². The van der Waals surface area contributed by atoms with Crippen molar-refractivity contribution >= 4 is 15.9 Å². The van der Waals surface area contributed by atoms with Crippen LogP contribution in [0.1, 0.15) is 12.8 Å². The molecule has 0 spiro atoms. The van der Waals surface area contributed by atoms with E-state index >= 15 is 0 Å². The smallest absolute Gasteiger partial charge is 0.0466 e. The van der Waals surface area contributed by atoms with Gasteiger partial charge in [-0.3, -0.25) is 0 Å². The van der Waals surface area contributed by atoms with Crippen molar-refractivity contribution in [3.63, 3.8) is 0 Å². The van der Waals surface area contributed by atoms with E-state index in [1.54, 1.807) is 6.08 Å². The number of halogens is 1. The third kappa shape index (κ3) is 8.18. The number of ether oxygens (including phenoxy) is 1. The molecular formula is C7H13BrO. The van der Waals surface area contributed by atoms with E-state index in [2.05, 4.69) is 22.5 Å². The SMILES string of the molecule is C1CCOC1.C=CCBr. The van der Waals surface area contributed by atoms with Crippen molar-refractivity contribution in [2.75, 3.05) is 18.5 Å². The topological polar surface area (TPSA) is 9.23 Å². The molecule has 1 aliphatic heterocycles. The molecule has 2 heteroatoms. The van der Waals surface area contributed by atoms with Crippen LogP contribution in [0.25, 0.3) is 0 Å². The fourth-order valence-corrected chi connectivity index (χ4v) is 0.510. The largest absolute Gasteiger partial charge is 0.381 e. The lowest BCUT2D eigenvalue weighted by Gasteiger charge is -1.76. The van der Waals surface area contributed by atoms with Crippen LogP contribution in [0.4, 0.5) is 0 Å². The second-order valence-corrected chi connectivity index (χ2v) is 2.41. The van der Waals surface area contributed by atoms with Gasteiger partial charge in [0.25, 0.3) is 0 Å². The highest BCUT2D eigenvalue weighted by Gasteiger charge is 1.94. The zero-order chi connectivity index (χ0) is 6.95. The van der Waals surface area contributed by atoms with Crippen LogP contribution in [0.2, 0.25) is 0 Å². The average Bonchev–Trinajstić information content (AvgIpc) is 2.43. The molecular weight excluding hydrogens is 180 g/mol. The van der Waals surface area contributed by atoms with E-state index in [1.165, 1.54) is 12.8 Å². The van der Waals surface area contributed by atoms with Crippen molar-refractivity contribution < 1.29 is 4.74 Å². The molecule has 0 unspecified atom stereocenters. The lowest BCUT2D eigenvalue weighted by molar-refractivity contribution is 0.198. The maximum absolute atomic E-state index is 4.94. The highest BCUT2D eigenvalue weighted by Crippen LogP contribution is 1.98. The van der Waals surface area contributed by atoms with Crippen molar-refractivity contribution in [3.8, 4) is 0 Å². The standard InChI is InChI=1S/C4H8O.C3H5Br/c1-2-4-5-3-1;1-2-3-4/h1-4H2;2H,1,3H2. The Hall–Kier alpha value is 0.180. The maximum Gasteiger partial charge on any atom is 0.0466 e. The average molecular weight is 193 g/mol. The number of rotatable bonds is 1. The van der Waals surface area contributed by atoms with Gasteiger partial charge < -0.3 is 4.74 Å². The molecule has 0 aromatic rings. The highest BCUT2D eigenvalue weighted by atomic mass is 79.9. The minimum absolute atomic E-state index is 0.896. The Morgan fingerprint density at radius 3 is 2.00 bits per heavy atom. The van der Waals surface area contributed by atoms with Gasteiger partial charge in [-0.2, -0.15) is 0 Å². The summed E-state index contributed by atoms with van der Waals surface area (Å²) in [6.07, 6.45) is 4.35. The summed E-state index contributed by atoms with van der Waals surface area (Å²) in [6.45, 7) is 5.43. The van der Waals surface area contributed by atoms with Gasteiger partial charge in [0, 0.05) is 18.5 Å². The van der Waals surface area contributed by atoms with Crippen LogP contribution in [0, 0.1) is 0 Å². The molecule has 1 saturated heterocycles. The molecule has 0 aliphatic carbocycles. The van der Waals surface area contributed by atoms with Gasteiger partial charge in [-0.05, 0) is 12.8 Å². The summed E-state index contributed by atoms with van der Waals surface area (Å²) >= 11 is 3.13. The number of alkyl halides is 1. The lowest BCUT2D eigenvalue weighted by Crippen LogP contribution is -1.74. The van der Waals surface area contributed by atoms with Crippen LogP contribution in [0.3, 0.4) is 0 Å². The third-order valence-electron chi connectivity index (χ3n) is 0.936. The van der Waals surface area contributed by atoms with Crippen molar-refractivity contribution in [1.29, 1.82) is 0 Å². The van der Waals surface area contributed by atoms with Gasteiger partial charge in [0.05, 0.1) is 0 Å². The van der Waals surface area contributed by atoms with Crippen LogP contribution in [0.5, 0.6) is 0 Å². The lowest BCUT2D eigenvalue weighted by atomic mass is 10.4. The van der Waals surface area contributed by atoms with Gasteiger partial charge in [0.2, 0.25) is 0 Å². The Balaban J connectivity index is 0.000000148. The molecule has 0 aromatic heterocycles. The minimum Gasteiger partial charge on any atom is -0.381 e. The normalized spacial score (nSPS) is 16.1. The van der Waals surface area contributed by atoms with Gasteiger partial charge in [-0.15, -0.1) is 6.58 Å². The minimum atomic E-state index is 0.896. The first-order chi connectivity index (χ1) is 4.41. The van der Waals surface area contributed by atoms with Crippen LogP contribution < -0.4 is 0 Å². The van der Waals surface area contributed by atoms with E-state index in [0.717, 1.165) is 18.5 Å². The molecule has 0 amide bonds. The molecule has 9 heavy (non-hydrogen) atoms. The number of allylic oxidation sites excluding steroid dienone is 1. The van der Waals surface area contributed by atoms with Crippen LogP contribution >= 0.6 is 15.9 Å². The highest BCUT2D eigenvalue weighted by molar-refractivity contribution is 9.09. The Bertz CT molecular complexity index is 52.3. The number of hydrogen-bond donors (Lipinski definition) is 0. The zero-order valence-corrected chi connectivity index (χ0v) is 7.19. The molecule has 1 aliphatic rings. The fourth-order valence-electron chi connectivity index (χ4n) is 0.510. The van der Waals surface area contributed by atoms with Gasteiger partial charge >= 0.3 is 0 Å². The van der Waals surface area contributed by atoms with Crippen LogP contribution in [-0.2, 0) is 4.74 Å². The molecule has 1 nitrogen and oxygen atoms in total. The summed E-state index contributed by atoms with van der Waals surface area (Å²) in [5, 5.41) is 0.896. The molecule has 1 rings (SSSR count). The van der Waals surface area contributed by atoms with Gasteiger partial charge in [-0.25, -0.2) is 0 Å². The summed E-state index contributed by atoms with van der Waals surface area (Å²) in [5.41, 5.74) is 0. The van der Waals surface area contributed by atoms with Crippen molar-refractivity contribution in [2.45, 2.75) is 12.8 Å². The first kappa shape index (κ1) is 9.18. The van der Waals surface area contributed by atoms with E-state index in [4.69, 9.17) is 4.74 Å². The quantitative estimate of drug-likeness (QED) is 0.458. The van der Waals surface area contributed by atoms with Crippen LogP contribution in [-0.4, -0.2) is 18.5 Å². The molecule has 0 bridgehead atoms. The summed E-state index contributed by atoms with van der Waals surface area (Å²) in [6, 6.07) is 0. The van der Waals surface area contributed by atoms with E-state index in [0.29, 0.717) is 0 Å². The van der Waals surface area contributed by atoms with Crippen molar-refractivity contribution in [3.05, 3.63) is 12.7 Å². The van der Waals surface area contributed by atoms with Gasteiger partial charge in [-0.1, -0.05) is 22.0 Å². The zero-order valence-electron chi connectivity index (χ0n) is 5.61. The van der Waals surface area contributed by atoms with Crippen molar-refractivity contribution in [2.24, 2.45) is 0 Å². The molecule has 0 saturated carbocycles. The summed E-state index contributed by atoms with van der Waals surface area (Å²) in [4.78, 5) is 0. The second kappa shape index (κ2) is 8.18. The van der Waals surface area contributed by atoms with E-state index in [9.17, 15) is 0 Å². The first-order valence-corrected chi connectivity index (χ1v) is 4.28. The molecule has 0 atom stereocenters. The molecule has 0 aromatic carbocycles. The summed E-state index contributed by atoms with van der Waals surface area (Å²) < 4.78 is 4.94. The Kier molecular flexibility index (Phi) is 8.34. The van der Waals surface area contributed by atoms with E-state index < -0.39 is 0 Å². The Labute approximate surface area is 65.2 Å². The summed E-state index contributed by atoms with van der Waals surface area (Å²) in [7, 11) is 0. The van der Waals surface area contributed by atoms with Gasteiger partial charge in [0.1, 0.15) is 0 Å². The third-order valence-corrected chi connectivity index (χ3v) is 1.39. The molecule has 0 N–H and O–H groups in total. The maximum atomic E-state index is 4.94. The summed E-state index contributed by atoms with van der Waals surface area (Å²) in [5.74, 6) is 0.